The number of nitrogens with zero attached hydrogens (tertiary/aromatic N) is 2. The van der Waals surface area contributed by atoms with Crippen LogP contribution in [0.1, 0.15) is 12.5 Å². The van der Waals surface area contributed by atoms with Crippen LogP contribution < -0.4 is 15.4 Å². The van der Waals surface area contributed by atoms with E-state index in [9.17, 15) is 4.79 Å². The number of amides is 1. The summed E-state index contributed by atoms with van der Waals surface area (Å²) in [7, 11) is 0. The zero-order valence-corrected chi connectivity index (χ0v) is 13.8. The molecule has 0 aliphatic heterocycles. The van der Waals surface area contributed by atoms with E-state index in [0.29, 0.717) is 29.7 Å². The average Bonchev–Trinajstić information content (AvgIpc) is 2.55. The molecule has 0 aliphatic rings. The minimum atomic E-state index is -0.591. The topological polar surface area (TPSA) is 76.1 Å². The summed E-state index contributed by atoms with van der Waals surface area (Å²) in [6.45, 7) is 4.61. The number of aromatic nitrogens is 2. The third-order valence-electron chi connectivity index (χ3n) is 3.10. The van der Waals surface area contributed by atoms with Gasteiger partial charge >= 0.3 is 0 Å². The first kappa shape index (κ1) is 17.0. The Hall–Kier alpha value is -2.34. The van der Waals surface area contributed by atoms with E-state index in [2.05, 4.69) is 20.6 Å². The number of aryl methyl sites for hydroxylation is 1. The van der Waals surface area contributed by atoms with Gasteiger partial charge in [-0.1, -0.05) is 11.6 Å². The van der Waals surface area contributed by atoms with Crippen LogP contribution in [0.2, 0.25) is 5.02 Å². The Morgan fingerprint density at radius 1 is 1.35 bits per heavy atom. The van der Waals surface area contributed by atoms with Crippen molar-refractivity contribution in [3.05, 3.63) is 47.4 Å². The molecule has 1 amide bonds. The van der Waals surface area contributed by atoms with Crippen LogP contribution in [0.3, 0.4) is 0 Å². The molecule has 0 saturated carbocycles. The Kier molecular flexibility index (Phi) is 6.17. The lowest BCUT2D eigenvalue weighted by atomic mass is 10.2. The molecule has 0 spiro atoms. The second kappa shape index (κ2) is 8.33. The molecule has 23 heavy (non-hydrogen) atoms. The number of carbonyl (C=O) groups excluding carboxylic acids is 1. The molecule has 0 radical (unpaired) electrons. The van der Waals surface area contributed by atoms with Gasteiger partial charge in [-0.25, -0.2) is 4.98 Å². The van der Waals surface area contributed by atoms with E-state index in [1.54, 1.807) is 43.7 Å². The van der Waals surface area contributed by atoms with Gasteiger partial charge in [0.1, 0.15) is 11.6 Å². The van der Waals surface area contributed by atoms with Gasteiger partial charge in [-0.15, -0.1) is 0 Å². The zero-order chi connectivity index (χ0) is 16.7. The molecule has 0 saturated heterocycles. The standard InChI is InChI=1S/C16H19ClN4O2/c1-11-9-13(17)3-4-14(11)23-12(2)16(22)21-8-7-20-15-10-18-5-6-19-15/h3-6,9-10,12H,7-8H2,1-2H3,(H,19,20)(H,21,22)/t12-/m1/s1. The Balaban J connectivity index is 1.74. The van der Waals surface area contributed by atoms with Crippen LogP contribution >= 0.6 is 11.6 Å². The summed E-state index contributed by atoms with van der Waals surface area (Å²) in [5.74, 6) is 1.14. The van der Waals surface area contributed by atoms with Gasteiger partial charge in [0.25, 0.3) is 5.91 Å². The number of ether oxygens (including phenoxy) is 1. The van der Waals surface area contributed by atoms with Crippen molar-refractivity contribution in [3.63, 3.8) is 0 Å². The number of hydrogen-bond donors (Lipinski definition) is 2. The van der Waals surface area contributed by atoms with Crippen LogP contribution in [0.25, 0.3) is 0 Å². The molecule has 0 unspecified atom stereocenters. The lowest BCUT2D eigenvalue weighted by Crippen LogP contribution is -2.38. The number of carbonyl (C=O) groups is 1. The van der Waals surface area contributed by atoms with Crippen molar-refractivity contribution in [2.45, 2.75) is 20.0 Å². The van der Waals surface area contributed by atoms with E-state index in [1.807, 2.05) is 6.92 Å². The first-order chi connectivity index (χ1) is 11.1. The summed E-state index contributed by atoms with van der Waals surface area (Å²) >= 11 is 5.90. The molecule has 1 heterocycles. The Labute approximate surface area is 140 Å². The summed E-state index contributed by atoms with van der Waals surface area (Å²) in [6, 6.07) is 5.29. The predicted molar refractivity (Wildman–Crippen MR) is 89.8 cm³/mol. The summed E-state index contributed by atoms with van der Waals surface area (Å²) in [5.41, 5.74) is 0.890. The highest BCUT2D eigenvalue weighted by Gasteiger charge is 2.15. The average molecular weight is 335 g/mol. The normalized spacial score (nSPS) is 11.6. The highest BCUT2D eigenvalue weighted by molar-refractivity contribution is 6.30. The molecule has 1 aromatic heterocycles. The van der Waals surface area contributed by atoms with Crippen molar-refractivity contribution < 1.29 is 9.53 Å². The second-order valence-electron chi connectivity index (χ2n) is 4.98. The Bertz CT molecular complexity index is 652. The van der Waals surface area contributed by atoms with Crippen LogP contribution in [0.4, 0.5) is 5.82 Å². The minimum Gasteiger partial charge on any atom is -0.481 e. The Morgan fingerprint density at radius 2 is 2.17 bits per heavy atom. The summed E-state index contributed by atoms with van der Waals surface area (Å²) in [4.78, 5) is 20.0. The molecule has 6 nitrogen and oxygen atoms in total. The summed E-state index contributed by atoms with van der Waals surface area (Å²) in [6.07, 6.45) is 4.23. The highest BCUT2D eigenvalue weighted by Crippen LogP contribution is 2.22. The third kappa shape index (κ3) is 5.41. The van der Waals surface area contributed by atoms with E-state index in [1.165, 1.54) is 0 Å². The number of nitrogens with one attached hydrogen (secondary N) is 2. The van der Waals surface area contributed by atoms with Crippen LogP contribution in [-0.2, 0) is 4.79 Å². The quantitative estimate of drug-likeness (QED) is 0.761. The molecule has 1 aromatic carbocycles. The fourth-order valence-corrected chi connectivity index (χ4v) is 2.13. The first-order valence-corrected chi connectivity index (χ1v) is 7.64. The monoisotopic (exact) mass is 334 g/mol. The molecule has 0 aliphatic carbocycles. The van der Waals surface area contributed by atoms with E-state index in [-0.39, 0.29) is 5.91 Å². The number of benzene rings is 1. The molecule has 122 valence electrons. The molecule has 2 N–H and O–H groups in total. The number of halogens is 1. The first-order valence-electron chi connectivity index (χ1n) is 7.26. The smallest absolute Gasteiger partial charge is 0.260 e. The van der Waals surface area contributed by atoms with Crippen LogP contribution in [0.5, 0.6) is 5.75 Å². The van der Waals surface area contributed by atoms with Crippen molar-refractivity contribution in [2.75, 3.05) is 18.4 Å². The lowest BCUT2D eigenvalue weighted by molar-refractivity contribution is -0.127. The number of anilines is 1. The molecular formula is C16H19ClN4O2. The molecule has 1 atom stereocenters. The van der Waals surface area contributed by atoms with Gasteiger partial charge in [0.05, 0.1) is 6.20 Å². The van der Waals surface area contributed by atoms with E-state index < -0.39 is 6.10 Å². The van der Waals surface area contributed by atoms with Crippen molar-refractivity contribution in [1.29, 1.82) is 0 Å². The maximum Gasteiger partial charge on any atom is 0.260 e. The zero-order valence-electron chi connectivity index (χ0n) is 13.0. The van der Waals surface area contributed by atoms with Gasteiger partial charge in [-0.05, 0) is 37.6 Å². The van der Waals surface area contributed by atoms with E-state index in [4.69, 9.17) is 16.3 Å². The maximum atomic E-state index is 12.0. The van der Waals surface area contributed by atoms with Crippen LogP contribution in [0, 0.1) is 6.92 Å². The third-order valence-corrected chi connectivity index (χ3v) is 3.34. The largest absolute Gasteiger partial charge is 0.481 e. The van der Waals surface area contributed by atoms with Gasteiger partial charge in [0, 0.05) is 30.5 Å². The van der Waals surface area contributed by atoms with Crippen molar-refractivity contribution in [3.8, 4) is 5.75 Å². The van der Waals surface area contributed by atoms with E-state index >= 15 is 0 Å². The second-order valence-corrected chi connectivity index (χ2v) is 5.41. The lowest BCUT2D eigenvalue weighted by Gasteiger charge is -2.16. The van der Waals surface area contributed by atoms with Crippen molar-refractivity contribution in [2.24, 2.45) is 0 Å². The van der Waals surface area contributed by atoms with Crippen molar-refractivity contribution >= 4 is 23.3 Å². The molecule has 2 aromatic rings. The predicted octanol–water partition coefficient (Wildman–Crippen LogP) is 2.43. The molecule has 0 bridgehead atoms. The van der Waals surface area contributed by atoms with Gasteiger partial charge in [0.2, 0.25) is 0 Å². The van der Waals surface area contributed by atoms with Gasteiger partial charge in [0.15, 0.2) is 6.10 Å². The molecule has 0 fully saturated rings. The van der Waals surface area contributed by atoms with E-state index in [0.717, 1.165) is 5.56 Å². The van der Waals surface area contributed by atoms with Crippen molar-refractivity contribution in [1.82, 2.24) is 15.3 Å². The van der Waals surface area contributed by atoms with Crippen LogP contribution in [-0.4, -0.2) is 35.1 Å². The fourth-order valence-electron chi connectivity index (χ4n) is 1.90. The van der Waals surface area contributed by atoms with Crippen LogP contribution in [0.15, 0.2) is 36.8 Å². The number of hydrogen-bond acceptors (Lipinski definition) is 5. The summed E-state index contributed by atoms with van der Waals surface area (Å²) in [5, 5.41) is 6.50. The molecular weight excluding hydrogens is 316 g/mol. The molecule has 7 heteroatoms. The minimum absolute atomic E-state index is 0.180. The maximum absolute atomic E-state index is 12.0. The highest BCUT2D eigenvalue weighted by atomic mass is 35.5. The van der Waals surface area contributed by atoms with Gasteiger partial charge in [-0.2, -0.15) is 0 Å². The fraction of sp³-hybridized carbons (Fsp3) is 0.312. The summed E-state index contributed by atoms with van der Waals surface area (Å²) < 4.78 is 5.66. The SMILES string of the molecule is Cc1cc(Cl)ccc1O[C@H](C)C(=O)NCCNc1cnccn1. The Morgan fingerprint density at radius 3 is 2.87 bits per heavy atom. The number of rotatable bonds is 7. The van der Waals surface area contributed by atoms with Gasteiger partial charge < -0.3 is 15.4 Å². The molecule has 2 rings (SSSR count). The van der Waals surface area contributed by atoms with Gasteiger partial charge in [-0.3, -0.25) is 9.78 Å².